The highest BCUT2D eigenvalue weighted by Gasteiger charge is 2.16. The summed E-state index contributed by atoms with van der Waals surface area (Å²) in [6, 6.07) is 12.0. The van der Waals surface area contributed by atoms with Crippen molar-refractivity contribution >= 4 is 11.7 Å². The zero-order valence-electron chi connectivity index (χ0n) is 14.2. The molecule has 1 N–H and O–H groups in total. The Morgan fingerprint density at radius 1 is 1.17 bits per heavy atom. The summed E-state index contributed by atoms with van der Waals surface area (Å²) in [6.45, 7) is 9.14. The second-order valence-corrected chi connectivity index (χ2v) is 5.44. The first-order valence-electron chi connectivity index (χ1n) is 8.01. The lowest BCUT2D eigenvalue weighted by atomic mass is 10.1. The molecular formula is C18H24N4O. The summed E-state index contributed by atoms with van der Waals surface area (Å²) in [6.07, 6.45) is 0. The van der Waals surface area contributed by atoms with E-state index in [1.165, 1.54) is 5.56 Å². The van der Waals surface area contributed by atoms with E-state index in [1.807, 2.05) is 32.0 Å². The van der Waals surface area contributed by atoms with Crippen LogP contribution in [0.15, 0.2) is 36.4 Å². The molecule has 0 fully saturated rings. The van der Waals surface area contributed by atoms with Gasteiger partial charge in [-0.2, -0.15) is 0 Å². The Bertz CT molecular complexity index is 653. The summed E-state index contributed by atoms with van der Waals surface area (Å²) >= 11 is 0. The minimum atomic E-state index is -0.0593. The quantitative estimate of drug-likeness (QED) is 0.887. The van der Waals surface area contributed by atoms with Crippen molar-refractivity contribution < 1.29 is 4.79 Å². The second-order valence-electron chi connectivity index (χ2n) is 5.44. The third kappa shape index (κ3) is 4.28. The Labute approximate surface area is 137 Å². The fourth-order valence-electron chi connectivity index (χ4n) is 2.47. The smallest absolute Gasteiger partial charge is 0.272 e. The lowest BCUT2D eigenvalue weighted by Gasteiger charge is -2.19. The van der Waals surface area contributed by atoms with E-state index in [9.17, 15) is 4.79 Å². The normalized spacial score (nSPS) is 11.8. The average molecular weight is 312 g/mol. The zero-order valence-corrected chi connectivity index (χ0v) is 14.2. The second kappa shape index (κ2) is 7.72. The van der Waals surface area contributed by atoms with Crippen molar-refractivity contribution in [1.82, 2.24) is 14.9 Å². The van der Waals surface area contributed by atoms with Crippen molar-refractivity contribution in [3.8, 4) is 0 Å². The molecule has 0 bridgehead atoms. The third-order valence-electron chi connectivity index (χ3n) is 3.77. The highest BCUT2D eigenvalue weighted by atomic mass is 16.2. The molecule has 1 amide bonds. The average Bonchev–Trinajstić information content (AvgIpc) is 2.56. The Kier molecular flexibility index (Phi) is 5.68. The first-order valence-corrected chi connectivity index (χ1v) is 8.01. The van der Waals surface area contributed by atoms with Gasteiger partial charge in [-0.1, -0.05) is 30.3 Å². The highest BCUT2D eigenvalue weighted by Crippen LogP contribution is 2.18. The van der Waals surface area contributed by atoms with Crippen molar-refractivity contribution in [2.75, 3.05) is 18.4 Å². The predicted octanol–water partition coefficient (Wildman–Crippen LogP) is 3.44. The minimum Gasteiger partial charge on any atom is -0.363 e. The zero-order chi connectivity index (χ0) is 16.8. The molecule has 1 atom stereocenters. The van der Waals surface area contributed by atoms with Gasteiger partial charge in [0.2, 0.25) is 0 Å². The number of hydrogen-bond acceptors (Lipinski definition) is 4. The Hall–Kier alpha value is -2.43. The summed E-state index contributed by atoms with van der Waals surface area (Å²) in [4.78, 5) is 22.9. The first-order chi connectivity index (χ1) is 11.0. The molecule has 1 unspecified atom stereocenters. The standard InChI is InChI=1S/C18H24N4O/c1-5-22(6-2)18(23)16-12-17(21-14(4)20-16)19-13(3)15-10-8-7-9-11-15/h7-13H,5-6H2,1-4H3,(H,19,20,21). The number of carbonyl (C=O) groups is 1. The van der Waals surface area contributed by atoms with Gasteiger partial charge in [-0.25, -0.2) is 9.97 Å². The van der Waals surface area contributed by atoms with E-state index >= 15 is 0 Å². The monoisotopic (exact) mass is 312 g/mol. The van der Waals surface area contributed by atoms with Crippen LogP contribution in [-0.4, -0.2) is 33.9 Å². The lowest BCUT2D eigenvalue weighted by Crippen LogP contribution is -2.31. The first kappa shape index (κ1) is 16.9. The molecule has 5 heteroatoms. The summed E-state index contributed by atoms with van der Waals surface area (Å²) in [5.41, 5.74) is 1.60. The van der Waals surface area contributed by atoms with Gasteiger partial charge in [-0.05, 0) is 33.3 Å². The van der Waals surface area contributed by atoms with Crippen LogP contribution >= 0.6 is 0 Å². The number of carbonyl (C=O) groups excluding carboxylic acids is 1. The van der Waals surface area contributed by atoms with Crippen molar-refractivity contribution in [2.45, 2.75) is 33.7 Å². The molecule has 0 spiro atoms. The van der Waals surface area contributed by atoms with Crippen molar-refractivity contribution in [3.05, 3.63) is 53.5 Å². The lowest BCUT2D eigenvalue weighted by molar-refractivity contribution is 0.0766. The van der Waals surface area contributed by atoms with Gasteiger partial charge in [0.15, 0.2) is 0 Å². The van der Waals surface area contributed by atoms with Gasteiger partial charge in [0.25, 0.3) is 5.91 Å². The number of aryl methyl sites for hydroxylation is 1. The molecular weight excluding hydrogens is 288 g/mol. The number of anilines is 1. The van der Waals surface area contributed by atoms with Crippen LogP contribution in [0.1, 0.15) is 48.7 Å². The van der Waals surface area contributed by atoms with Gasteiger partial charge in [-0.3, -0.25) is 4.79 Å². The predicted molar refractivity (Wildman–Crippen MR) is 92.5 cm³/mol. The minimum absolute atomic E-state index is 0.0593. The number of nitrogens with zero attached hydrogens (tertiary/aromatic N) is 3. The number of hydrogen-bond donors (Lipinski definition) is 1. The van der Waals surface area contributed by atoms with Crippen LogP contribution in [0.4, 0.5) is 5.82 Å². The van der Waals surface area contributed by atoms with Crippen LogP contribution in [0.2, 0.25) is 0 Å². The van der Waals surface area contributed by atoms with E-state index in [-0.39, 0.29) is 11.9 Å². The SMILES string of the molecule is CCN(CC)C(=O)c1cc(NC(C)c2ccccc2)nc(C)n1. The number of benzene rings is 1. The Balaban J connectivity index is 2.22. The largest absolute Gasteiger partial charge is 0.363 e. The van der Waals surface area contributed by atoms with Gasteiger partial charge >= 0.3 is 0 Å². The molecule has 0 aliphatic rings. The molecule has 0 saturated heterocycles. The van der Waals surface area contributed by atoms with Crippen molar-refractivity contribution in [1.29, 1.82) is 0 Å². The molecule has 23 heavy (non-hydrogen) atoms. The molecule has 1 aromatic carbocycles. The molecule has 0 aliphatic carbocycles. The van der Waals surface area contributed by atoms with Gasteiger partial charge in [-0.15, -0.1) is 0 Å². The van der Waals surface area contributed by atoms with Crippen LogP contribution in [0.25, 0.3) is 0 Å². The maximum Gasteiger partial charge on any atom is 0.272 e. The fourth-order valence-corrected chi connectivity index (χ4v) is 2.47. The van der Waals surface area contributed by atoms with Crippen LogP contribution in [0.5, 0.6) is 0 Å². The van der Waals surface area contributed by atoms with E-state index in [0.29, 0.717) is 30.4 Å². The number of rotatable bonds is 6. The highest BCUT2D eigenvalue weighted by molar-refractivity contribution is 5.93. The summed E-state index contributed by atoms with van der Waals surface area (Å²) in [5.74, 6) is 1.20. The van der Waals surface area contributed by atoms with E-state index in [0.717, 1.165) is 0 Å². The van der Waals surface area contributed by atoms with E-state index in [4.69, 9.17) is 0 Å². The van der Waals surface area contributed by atoms with Crippen LogP contribution < -0.4 is 5.32 Å². The van der Waals surface area contributed by atoms with Gasteiger partial charge in [0, 0.05) is 25.2 Å². The summed E-state index contributed by atoms with van der Waals surface area (Å²) in [5, 5.41) is 3.35. The Morgan fingerprint density at radius 3 is 2.43 bits per heavy atom. The molecule has 2 rings (SSSR count). The topological polar surface area (TPSA) is 58.1 Å². The third-order valence-corrected chi connectivity index (χ3v) is 3.77. The maximum absolute atomic E-state index is 12.5. The molecule has 2 aromatic rings. The van der Waals surface area contributed by atoms with Crippen molar-refractivity contribution in [3.63, 3.8) is 0 Å². The van der Waals surface area contributed by atoms with E-state index < -0.39 is 0 Å². The van der Waals surface area contributed by atoms with Crippen LogP contribution in [0.3, 0.4) is 0 Å². The molecule has 1 heterocycles. The van der Waals surface area contributed by atoms with Crippen LogP contribution in [-0.2, 0) is 0 Å². The maximum atomic E-state index is 12.5. The number of aromatic nitrogens is 2. The van der Waals surface area contributed by atoms with Gasteiger partial charge < -0.3 is 10.2 Å². The number of amides is 1. The molecule has 1 aromatic heterocycles. The van der Waals surface area contributed by atoms with Crippen LogP contribution in [0, 0.1) is 6.92 Å². The molecule has 0 saturated carbocycles. The Morgan fingerprint density at radius 2 is 1.83 bits per heavy atom. The molecule has 5 nitrogen and oxygen atoms in total. The van der Waals surface area contributed by atoms with Gasteiger partial charge in [0.1, 0.15) is 17.3 Å². The fraction of sp³-hybridized carbons (Fsp3) is 0.389. The summed E-state index contributed by atoms with van der Waals surface area (Å²) in [7, 11) is 0. The molecule has 0 radical (unpaired) electrons. The molecule has 0 aliphatic heterocycles. The molecule has 122 valence electrons. The van der Waals surface area contributed by atoms with E-state index in [2.05, 4.69) is 34.3 Å². The van der Waals surface area contributed by atoms with Gasteiger partial charge in [0.05, 0.1) is 0 Å². The summed E-state index contributed by atoms with van der Waals surface area (Å²) < 4.78 is 0. The number of nitrogens with one attached hydrogen (secondary N) is 1. The van der Waals surface area contributed by atoms with E-state index in [1.54, 1.807) is 17.9 Å². The van der Waals surface area contributed by atoms with Crippen molar-refractivity contribution in [2.24, 2.45) is 0 Å².